The largest absolute Gasteiger partial charge is 0.496 e. The maximum Gasteiger partial charge on any atom is 0.302 e. The quantitative estimate of drug-likeness (QED) is 0.528. The standard InChI is InChI=1S/C31H30N4O4/c1-32-27-15-31(22-10-4-3-7-18(22)13-26(31)36)17-35(27)30(38)28-20-9-5-8-19(20)16-34(28)29(37)24-14-21-23(33-24)11-6-12-25(21)39-2/h3-4,6-7,10-12,14,19-20,27-28,33H,5,8-9,13,15-17H2,2H3/t19-,20-,27-,28-,31-/m0/s1. The number of ether oxygens (including phenoxy) is 1. The zero-order valence-corrected chi connectivity index (χ0v) is 21.9. The second kappa shape index (κ2) is 8.70. The fourth-order valence-electron chi connectivity index (χ4n) is 7.83. The van der Waals surface area contributed by atoms with Gasteiger partial charge < -0.3 is 14.6 Å². The molecule has 8 nitrogen and oxygen atoms in total. The molecule has 1 spiro atoms. The fourth-order valence-corrected chi connectivity index (χ4v) is 7.83. The molecule has 8 heteroatoms. The molecule has 2 aromatic carbocycles. The van der Waals surface area contributed by atoms with Crippen LogP contribution in [0.25, 0.3) is 15.7 Å². The molecule has 2 amide bonds. The van der Waals surface area contributed by atoms with Gasteiger partial charge in [-0.15, -0.1) is 0 Å². The Morgan fingerprint density at radius 3 is 2.79 bits per heavy atom. The van der Waals surface area contributed by atoms with E-state index < -0.39 is 17.6 Å². The highest BCUT2D eigenvalue weighted by Crippen LogP contribution is 2.48. The van der Waals surface area contributed by atoms with Gasteiger partial charge >= 0.3 is 6.17 Å². The number of amides is 2. The van der Waals surface area contributed by atoms with E-state index in [0.717, 1.165) is 41.3 Å². The van der Waals surface area contributed by atoms with E-state index in [-0.39, 0.29) is 36.0 Å². The van der Waals surface area contributed by atoms with Crippen LogP contribution in [0.3, 0.4) is 0 Å². The maximum absolute atomic E-state index is 14.4. The number of ketones is 1. The molecule has 39 heavy (non-hydrogen) atoms. The summed E-state index contributed by atoms with van der Waals surface area (Å²) in [6.07, 6.45) is 2.84. The Morgan fingerprint density at radius 1 is 1.13 bits per heavy atom. The number of aromatic amines is 1. The lowest BCUT2D eigenvalue weighted by molar-refractivity contribution is -0.137. The number of nitrogens with one attached hydrogen (secondary N) is 1. The van der Waals surface area contributed by atoms with Crippen molar-refractivity contribution in [3.8, 4) is 5.75 Å². The van der Waals surface area contributed by atoms with Crippen LogP contribution in [0.1, 0.15) is 47.3 Å². The highest BCUT2D eigenvalue weighted by atomic mass is 16.5. The van der Waals surface area contributed by atoms with Gasteiger partial charge in [0.2, 0.25) is 0 Å². The van der Waals surface area contributed by atoms with Crippen LogP contribution in [0.5, 0.6) is 5.75 Å². The number of nitrogens with zero attached hydrogens (tertiary/aromatic N) is 3. The number of H-pyrrole nitrogens is 1. The summed E-state index contributed by atoms with van der Waals surface area (Å²) in [6, 6.07) is 14.6. The number of hydrogen-bond acceptors (Lipinski definition) is 4. The van der Waals surface area contributed by atoms with Crippen LogP contribution in [0.2, 0.25) is 0 Å². The summed E-state index contributed by atoms with van der Waals surface area (Å²) in [5.41, 5.74) is 2.32. The van der Waals surface area contributed by atoms with E-state index in [1.165, 1.54) is 0 Å². The van der Waals surface area contributed by atoms with Gasteiger partial charge in [0.25, 0.3) is 11.8 Å². The van der Waals surface area contributed by atoms with Gasteiger partial charge in [-0.2, -0.15) is 0 Å². The van der Waals surface area contributed by atoms with Gasteiger partial charge in [-0.05, 0) is 54.0 Å². The molecule has 5 atom stereocenters. The van der Waals surface area contributed by atoms with Crippen molar-refractivity contribution < 1.29 is 19.1 Å². The Bertz CT molecular complexity index is 1570. The van der Waals surface area contributed by atoms with Gasteiger partial charge in [0.1, 0.15) is 23.3 Å². The van der Waals surface area contributed by atoms with Crippen LogP contribution < -0.4 is 4.74 Å². The number of aromatic nitrogens is 1. The Balaban J connectivity index is 1.23. The zero-order chi connectivity index (χ0) is 26.9. The number of fused-ring (bicyclic) bond motifs is 4. The molecular formula is C31H30N4O4. The SMILES string of the molecule is [C-]#[N+][C@@H]1C[C@@]2(CN1C(=O)[C@@H]1[C@H]3CCC[C@H]3CN1C(=O)c1cc3c(OC)cccc3[nH]1)C(=O)Cc1ccccc12. The van der Waals surface area contributed by atoms with Crippen LogP contribution in [-0.2, 0) is 21.4 Å². The molecule has 3 fully saturated rings. The zero-order valence-electron chi connectivity index (χ0n) is 21.9. The smallest absolute Gasteiger partial charge is 0.302 e. The van der Waals surface area contributed by atoms with Crippen LogP contribution >= 0.6 is 0 Å². The van der Waals surface area contributed by atoms with E-state index in [1.807, 2.05) is 42.5 Å². The van der Waals surface area contributed by atoms with Crippen molar-refractivity contribution in [2.24, 2.45) is 11.8 Å². The minimum Gasteiger partial charge on any atom is -0.496 e. The molecule has 4 aliphatic rings. The summed E-state index contributed by atoms with van der Waals surface area (Å²) in [7, 11) is 1.60. The van der Waals surface area contributed by atoms with E-state index >= 15 is 0 Å². The summed E-state index contributed by atoms with van der Waals surface area (Å²) in [5.74, 6) is 0.682. The Kier molecular flexibility index (Phi) is 5.35. The summed E-state index contributed by atoms with van der Waals surface area (Å²) < 4.78 is 5.48. The predicted octanol–water partition coefficient (Wildman–Crippen LogP) is 3.96. The minimum atomic E-state index is -0.836. The van der Waals surface area contributed by atoms with Gasteiger partial charge in [0, 0.05) is 30.4 Å². The molecular weight excluding hydrogens is 492 g/mol. The first-order chi connectivity index (χ1) is 18.9. The van der Waals surface area contributed by atoms with E-state index in [4.69, 9.17) is 11.3 Å². The number of benzene rings is 2. The molecule has 198 valence electrons. The van der Waals surface area contributed by atoms with Crippen molar-refractivity contribution in [2.45, 2.75) is 49.7 Å². The summed E-state index contributed by atoms with van der Waals surface area (Å²) in [6.45, 7) is 8.66. The Morgan fingerprint density at radius 2 is 1.97 bits per heavy atom. The van der Waals surface area contributed by atoms with Crippen LogP contribution in [-0.4, -0.2) is 64.8 Å². The summed E-state index contributed by atoms with van der Waals surface area (Å²) in [5, 5.41) is 0.818. The molecule has 0 bridgehead atoms. The van der Waals surface area contributed by atoms with E-state index in [1.54, 1.807) is 23.0 Å². The van der Waals surface area contributed by atoms with Crippen molar-refractivity contribution in [3.63, 3.8) is 0 Å². The molecule has 0 unspecified atom stereocenters. The maximum atomic E-state index is 14.4. The molecule has 2 aliphatic heterocycles. The van der Waals surface area contributed by atoms with Gasteiger partial charge in [-0.25, -0.2) is 6.57 Å². The van der Waals surface area contributed by atoms with Gasteiger partial charge in [-0.3, -0.25) is 24.1 Å². The highest BCUT2D eigenvalue weighted by molar-refractivity contribution is 6.02. The lowest BCUT2D eigenvalue weighted by Crippen LogP contribution is -2.51. The lowest BCUT2D eigenvalue weighted by atomic mass is 9.80. The molecule has 0 radical (unpaired) electrons. The molecule has 3 heterocycles. The average Bonchev–Trinajstić information content (AvgIpc) is 3.75. The second-order valence-corrected chi connectivity index (χ2v) is 11.5. The molecule has 7 rings (SSSR count). The summed E-state index contributed by atoms with van der Waals surface area (Å²) in [4.78, 5) is 52.1. The number of carbonyl (C=O) groups excluding carboxylic acids is 3. The first kappa shape index (κ1) is 24.0. The molecule has 2 aliphatic carbocycles. The van der Waals surface area contributed by atoms with Gasteiger partial charge in [0.05, 0.1) is 18.9 Å². The number of methoxy groups -OCH3 is 1. The van der Waals surface area contributed by atoms with Crippen molar-refractivity contribution in [1.29, 1.82) is 0 Å². The Labute approximate surface area is 226 Å². The normalized spacial score (nSPS) is 29.2. The number of rotatable bonds is 3. The van der Waals surface area contributed by atoms with Crippen molar-refractivity contribution in [2.75, 3.05) is 20.2 Å². The third-order valence-electron chi connectivity index (χ3n) is 9.66. The van der Waals surface area contributed by atoms with Gasteiger partial charge in [0.15, 0.2) is 0 Å². The number of carbonyl (C=O) groups is 3. The van der Waals surface area contributed by atoms with Gasteiger partial charge in [-0.1, -0.05) is 36.8 Å². The van der Waals surface area contributed by atoms with Crippen molar-refractivity contribution in [3.05, 3.63) is 76.8 Å². The number of likely N-dealkylation sites (tertiary alicyclic amines) is 2. The number of hydrogen-bond donors (Lipinski definition) is 1. The highest BCUT2D eigenvalue weighted by Gasteiger charge is 2.60. The second-order valence-electron chi connectivity index (χ2n) is 11.5. The molecule has 1 N–H and O–H groups in total. The fraction of sp³-hybridized carbons (Fsp3) is 0.419. The topological polar surface area (TPSA) is 87.1 Å². The van der Waals surface area contributed by atoms with Crippen molar-refractivity contribution in [1.82, 2.24) is 14.8 Å². The first-order valence-electron chi connectivity index (χ1n) is 13.7. The Hall–Kier alpha value is -4.12. The third-order valence-corrected chi connectivity index (χ3v) is 9.66. The molecule has 1 aromatic heterocycles. The van der Waals surface area contributed by atoms with Crippen LogP contribution in [0.4, 0.5) is 0 Å². The van der Waals surface area contributed by atoms with Crippen molar-refractivity contribution >= 4 is 28.5 Å². The molecule has 1 saturated carbocycles. The molecule has 2 saturated heterocycles. The van der Waals surface area contributed by atoms with E-state index in [0.29, 0.717) is 30.8 Å². The predicted molar refractivity (Wildman–Crippen MR) is 144 cm³/mol. The first-order valence-corrected chi connectivity index (χ1v) is 13.7. The van der Waals surface area contributed by atoms with E-state index in [2.05, 4.69) is 9.83 Å². The minimum absolute atomic E-state index is 0.0647. The number of Topliss-reactive ketones (excluding diaryl/α,β-unsaturated/α-hetero) is 1. The van der Waals surface area contributed by atoms with Crippen LogP contribution in [0, 0.1) is 18.4 Å². The summed E-state index contributed by atoms with van der Waals surface area (Å²) >= 11 is 0. The van der Waals surface area contributed by atoms with E-state index in [9.17, 15) is 14.4 Å². The van der Waals surface area contributed by atoms with Crippen LogP contribution in [0.15, 0.2) is 48.5 Å². The average molecular weight is 523 g/mol. The third kappa shape index (κ3) is 3.38. The monoisotopic (exact) mass is 522 g/mol. The lowest BCUT2D eigenvalue weighted by Gasteiger charge is -2.31. The molecule has 3 aromatic rings.